The first-order valence-electron chi connectivity index (χ1n) is 8.22. The van der Waals surface area contributed by atoms with Crippen molar-refractivity contribution in [2.45, 2.75) is 31.1 Å². The molecule has 0 radical (unpaired) electrons. The van der Waals surface area contributed by atoms with Crippen LogP contribution in [0.4, 0.5) is 4.39 Å². The van der Waals surface area contributed by atoms with Crippen molar-refractivity contribution < 1.29 is 9.18 Å². The van der Waals surface area contributed by atoms with Crippen molar-refractivity contribution in [2.75, 3.05) is 0 Å². The van der Waals surface area contributed by atoms with Gasteiger partial charge in [-0.2, -0.15) is 5.26 Å². The number of halogens is 1. The maximum absolute atomic E-state index is 13.1. The Morgan fingerprint density at radius 3 is 2.50 bits per heavy atom. The maximum Gasteiger partial charge on any atom is 0.246 e. The predicted octanol–water partition coefficient (Wildman–Crippen LogP) is 4.09. The van der Waals surface area contributed by atoms with E-state index in [1.54, 1.807) is 12.1 Å². The van der Waals surface area contributed by atoms with Crippen LogP contribution in [0.25, 0.3) is 0 Å². The number of benzene rings is 2. The van der Waals surface area contributed by atoms with Crippen LogP contribution in [0.15, 0.2) is 53.5 Å². The van der Waals surface area contributed by atoms with Crippen LogP contribution >= 0.6 is 11.8 Å². The highest BCUT2D eigenvalue weighted by Gasteiger charge is 2.44. The molecule has 6 heteroatoms. The standard InChI is InChI=1S/C20H18FN3OS/c1-13(15-5-9-17(21)10-6-15)23-19-24-18(25)20(2,26-19)16-7-3-14(4-8-16)11-12-22/h3-10,13H,11H2,1-2H3,(H,23,24,25)/t13-,20?/m0/s1. The van der Waals surface area contributed by atoms with E-state index in [1.165, 1.54) is 23.9 Å². The molecule has 1 amide bonds. The number of carbonyl (C=O) groups is 1. The highest BCUT2D eigenvalue weighted by molar-refractivity contribution is 8.15. The van der Waals surface area contributed by atoms with E-state index in [-0.39, 0.29) is 17.8 Å². The van der Waals surface area contributed by atoms with Gasteiger partial charge in [-0.05, 0) is 42.7 Å². The number of aliphatic imine (C=N–C) groups is 1. The van der Waals surface area contributed by atoms with Crippen LogP contribution in [0, 0.1) is 17.1 Å². The number of nitriles is 1. The van der Waals surface area contributed by atoms with Gasteiger partial charge in [0.05, 0.1) is 18.5 Å². The number of nitrogens with one attached hydrogen (secondary N) is 1. The molecule has 4 nitrogen and oxygen atoms in total. The Kier molecular flexibility index (Phi) is 5.10. The van der Waals surface area contributed by atoms with E-state index in [0.717, 1.165) is 16.7 Å². The van der Waals surface area contributed by atoms with Gasteiger partial charge >= 0.3 is 0 Å². The third-order valence-corrected chi connectivity index (χ3v) is 5.64. The normalized spacial score (nSPS) is 22.1. The van der Waals surface area contributed by atoms with E-state index in [2.05, 4.69) is 16.4 Å². The van der Waals surface area contributed by atoms with Gasteiger partial charge < -0.3 is 5.32 Å². The lowest BCUT2D eigenvalue weighted by atomic mass is 9.97. The number of hydrogen-bond acceptors (Lipinski definition) is 4. The fourth-order valence-electron chi connectivity index (χ4n) is 2.75. The molecule has 1 fully saturated rings. The first kappa shape index (κ1) is 18.2. The zero-order valence-electron chi connectivity index (χ0n) is 14.5. The third-order valence-electron chi connectivity index (χ3n) is 4.41. The van der Waals surface area contributed by atoms with Crippen molar-refractivity contribution in [1.82, 2.24) is 5.32 Å². The Morgan fingerprint density at radius 2 is 1.88 bits per heavy atom. The molecular formula is C20H18FN3OS. The molecule has 2 atom stereocenters. The number of amides is 1. The second kappa shape index (κ2) is 7.30. The molecule has 0 bridgehead atoms. The molecule has 1 aliphatic rings. The predicted molar refractivity (Wildman–Crippen MR) is 101 cm³/mol. The fourth-order valence-corrected chi connectivity index (χ4v) is 3.89. The largest absolute Gasteiger partial charge is 0.304 e. The minimum absolute atomic E-state index is 0.124. The molecule has 1 N–H and O–H groups in total. The highest BCUT2D eigenvalue weighted by Crippen LogP contribution is 2.41. The average molecular weight is 367 g/mol. The van der Waals surface area contributed by atoms with Crippen LogP contribution in [0.3, 0.4) is 0 Å². The zero-order chi connectivity index (χ0) is 18.7. The molecule has 3 rings (SSSR count). The number of nitrogens with zero attached hydrogens (tertiary/aromatic N) is 2. The van der Waals surface area contributed by atoms with Gasteiger partial charge in [0.1, 0.15) is 10.6 Å². The molecular weight excluding hydrogens is 349 g/mol. The molecule has 2 aromatic rings. The first-order chi connectivity index (χ1) is 12.4. The Bertz CT molecular complexity index is 887. The van der Waals surface area contributed by atoms with Gasteiger partial charge in [0.25, 0.3) is 0 Å². The third kappa shape index (κ3) is 3.63. The summed E-state index contributed by atoms with van der Waals surface area (Å²) in [5, 5.41) is 12.2. The Hall–Kier alpha value is -2.65. The van der Waals surface area contributed by atoms with Crippen molar-refractivity contribution >= 4 is 22.8 Å². The van der Waals surface area contributed by atoms with Crippen LogP contribution in [-0.2, 0) is 16.0 Å². The van der Waals surface area contributed by atoms with E-state index in [0.29, 0.717) is 11.6 Å². The molecule has 26 heavy (non-hydrogen) atoms. The Labute approximate surface area is 156 Å². The second-order valence-corrected chi connectivity index (χ2v) is 7.69. The van der Waals surface area contributed by atoms with Crippen molar-refractivity contribution in [3.8, 4) is 6.07 Å². The summed E-state index contributed by atoms with van der Waals surface area (Å²) in [5.41, 5.74) is 2.66. The van der Waals surface area contributed by atoms with Crippen LogP contribution in [0.1, 0.15) is 36.6 Å². The van der Waals surface area contributed by atoms with Gasteiger partial charge in [-0.25, -0.2) is 4.39 Å². The van der Waals surface area contributed by atoms with E-state index in [9.17, 15) is 9.18 Å². The molecule has 132 valence electrons. The minimum atomic E-state index is -0.771. The van der Waals surface area contributed by atoms with Crippen LogP contribution in [0.2, 0.25) is 0 Å². The van der Waals surface area contributed by atoms with Gasteiger partial charge in [0, 0.05) is 0 Å². The molecule has 1 aliphatic heterocycles. The van der Waals surface area contributed by atoms with Gasteiger partial charge in [-0.3, -0.25) is 9.79 Å². The lowest BCUT2D eigenvalue weighted by Gasteiger charge is -2.19. The quantitative estimate of drug-likeness (QED) is 0.885. The van der Waals surface area contributed by atoms with Crippen molar-refractivity contribution in [1.29, 1.82) is 5.26 Å². The van der Waals surface area contributed by atoms with Gasteiger partial charge in [-0.15, -0.1) is 0 Å². The molecule has 0 saturated carbocycles. The summed E-state index contributed by atoms with van der Waals surface area (Å²) in [4.78, 5) is 17.1. The van der Waals surface area contributed by atoms with Crippen molar-refractivity contribution in [3.63, 3.8) is 0 Å². The Balaban J connectivity index is 1.80. The molecule has 0 spiro atoms. The zero-order valence-corrected chi connectivity index (χ0v) is 15.3. The highest BCUT2D eigenvalue weighted by atomic mass is 32.2. The van der Waals surface area contributed by atoms with Crippen LogP contribution in [0.5, 0.6) is 0 Å². The topological polar surface area (TPSA) is 65.2 Å². The van der Waals surface area contributed by atoms with Crippen molar-refractivity contribution in [3.05, 3.63) is 71.0 Å². The molecule has 0 aliphatic carbocycles. The summed E-state index contributed by atoms with van der Waals surface area (Å²) in [5.74, 6) is -0.412. The summed E-state index contributed by atoms with van der Waals surface area (Å²) in [7, 11) is 0. The summed E-state index contributed by atoms with van der Waals surface area (Å²) in [6.07, 6.45) is 0.345. The van der Waals surface area contributed by atoms with E-state index in [4.69, 9.17) is 5.26 Å². The monoisotopic (exact) mass is 367 g/mol. The van der Waals surface area contributed by atoms with E-state index < -0.39 is 4.75 Å². The van der Waals surface area contributed by atoms with E-state index >= 15 is 0 Å². The SMILES string of the molecule is C[C@H](N=C1NC(=O)C(C)(c2ccc(CC#N)cc2)S1)c1ccc(F)cc1. The summed E-state index contributed by atoms with van der Waals surface area (Å²) >= 11 is 1.37. The minimum Gasteiger partial charge on any atom is -0.304 e. The smallest absolute Gasteiger partial charge is 0.246 e. The molecule has 1 heterocycles. The lowest BCUT2D eigenvalue weighted by molar-refractivity contribution is -0.121. The summed E-state index contributed by atoms with van der Waals surface area (Å²) < 4.78 is 12.3. The van der Waals surface area contributed by atoms with E-state index in [1.807, 2.05) is 38.1 Å². The number of carbonyl (C=O) groups excluding carboxylic acids is 1. The number of amidine groups is 1. The lowest BCUT2D eigenvalue weighted by Crippen LogP contribution is -2.31. The molecule has 1 unspecified atom stereocenters. The number of thioether (sulfide) groups is 1. The average Bonchev–Trinajstić information content (AvgIpc) is 2.91. The van der Waals surface area contributed by atoms with Crippen LogP contribution in [-0.4, -0.2) is 11.1 Å². The first-order valence-corrected chi connectivity index (χ1v) is 9.04. The molecule has 0 aromatic heterocycles. The maximum atomic E-state index is 13.1. The fraction of sp³-hybridized carbons (Fsp3) is 0.250. The van der Waals surface area contributed by atoms with Gasteiger partial charge in [0.15, 0.2) is 5.17 Å². The number of hydrogen-bond donors (Lipinski definition) is 1. The van der Waals surface area contributed by atoms with Gasteiger partial charge in [0.2, 0.25) is 5.91 Å². The summed E-state index contributed by atoms with van der Waals surface area (Å²) in [6, 6.07) is 15.6. The Morgan fingerprint density at radius 1 is 1.23 bits per heavy atom. The van der Waals surface area contributed by atoms with Gasteiger partial charge in [-0.1, -0.05) is 48.2 Å². The molecule has 1 saturated heterocycles. The summed E-state index contributed by atoms with van der Waals surface area (Å²) in [6.45, 7) is 3.76. The number of rotatable bonds is 4. The second-order valence-electron chi connectivity index (χ2n) is 6.28. The van der Waals surface area contributed by atoms with Crippen LogP contribution < -0.4 is 5.32 Å². The van der Waals surface area contributed by atoms with Crippen molar-refractivity contribution in [2.24, 2.45) is 4.99 Å². The molecule has 2 aromatic carbocycles.